The molecular weight excluding hydrogens is 224 g/mol. The van der Waals surface area contributed by atoms with E-state index in [2.05, 4.69) is 19.2 Å². The van der Waals surface area contributed by atoms with Gasteiger partial charge in [0, 0.05) is 32.1 Å². The van der Waals surface area contributed by atoms with Crippen molar-refractivity contribution in [1.29, 1.82) is 0 Å². The number of nitrogens with one attached hydrogen (secondary N) is 1. The summed E-state index contributed by atoms with van der Waals surface area (Å²) >= 11 is 0. The van der Waals surface area contributed by atoms with Crippen LogP contribution < -0.4 is 5.32 Å². The van der Waals surface area contributed by atoms with Crippen LogP contribution in [0.2, 0.25) is 0 Å². The van der Waals surface area contributed by atoms with Gasteiger partial charge < -0.3 is 10.2 Å². The number of nitrogens with zero attached hydrogens (tertiary/aromatic N) is 1. The zero-order valence-corrected chi connectivity index (χ0v) is 12.6. The van der Waals surface area contributed by atoms with E-state index < -0.39 is 0 Å². The van der Waals surface area contributed by atoms with E-state index in [-0.39, 0.29) is 5.91 Å². The monoisotopic (exact) mass is 254 g/mol. The number of amides is 1. The van der Waals surface area contributed by atoms with E-state index in [9.17, 15) is 4.79 Å². The van der Waals surface area contributed by atoms with Gasteiger partial charge in [0.05, 0.1) is 0 Å². The maximum Gasteiger partial charge on any atom is 0.223 e. The van der Waals surface area contributed by atoms with Crippen molar-refractivity contribution in [2.24, 2.45) is 5.41 Å². The van der Waals surface area contributed by atoms with Crippen molar-refractivity contribution in [2.75, 3.05) is 19.6 Å². The smallest absolute Gasteiger partial charge is 0.223 e. The largest absolute Gasteiger partial charge is 0.343 e. The number of rotatable bonds is 6. The Morgan fingerprint density at radius 2 is 1.78 bits per heavy atom. The molecule has 1 N–H and O–H groups in total. The van der Waals surface area contributed by atoms with Crippen molar-refractivity contribution >= 4 is 5.91 Å². The van der Waals surface area contributed by atoms with Crippen LogP contribution in [-0.2, 0) is 4.79 Å². The molecule has 1 saturated carbocycles. The maximum absolute atomic E-state index is 11.8. The molecule has 0 radical (unpaired) electrons. The minimum absolute atomic E-state index is 0.281. The van der Waals surface area contributed by atoms with Gasteiger partial charge in [-0.1, -0.05) is 13.8 Å². The fourth-order valence-corrected chi connectivity index (χ4v) is 2.72. The van der Waals surface area contributed by atoms with Gasteiger partial charge in [-0.05, 0) is 44.9 Å². The lowest BCUT2D eigenvalue weighted by atomic mass is 9.75. The highest BCUT2D eigenvalue weighted by atomic mass is 16.2. The summed E-state index contributed by atoms with van der Waals surface area (Å²) in [7, 11) is 0. The van der Waals surface area contributed by atoms with E-state index in [1.54, 1.807) is 0 Å². The Labute approximate surface area is 112 Å². The predicted octanol–water partition coefficient (Wildman–Crippen LogP) is 2.80. The Hall–Kier alpha value is -0.570. The third kappa shape index (κ3) is 4.97. The van der Waals surface area contributed by atoms with Crippen molar-refractivity contribution < 1.29 is 4.79 Å². The lowest BCUT2D eigenvalue weighted by molar-refractivity contribution is -0.130. The van der Waals surface area contributed by atoms with Gasteiger partial charge in [-0.15, -0.1) is 0 Å². The van der Waals surface area contributed by atoms with Gasteiger partial charge in [-0.2, -0.15) is 0 Å². The summed E-state index contributed by atoms with van der Waals surface area (Å²) in [6.45, 7) is 11.3. The van der Waals surface area contributed by atoms with Crippen molar-refractivity contribution in [3.05, 3.63) is 0 Å². The maximum atomic E-state index is 11.8. The molecule has 0 saturated heterocycles. The third-order valence-electron chi connectivity index (χ3n) is 4.23. The summed E-state index contributed by atoms with van der Waals surface area (Å²) in [5.74, 6) is 0.281. The molecular formula is C15H30N2O. The van der Waals surface area contributed by atoms with Gasteiger partial charge >= 0.3 is 0 Å². The fraction of sp³-hybridized carbons (Fsp3) is 0.933. The summed E-state index contributed by atoms with van der Waals surface area (Å²) in [6.07, 6.45) is 5.75. The highest BCUT2D eigenvalue weighted by Crippen LogP contribution is 2.34. The molecule has 0 spiro atoms. The predicted molar refractivity (Wildman–Crippen MR) is 76.6 cm³/mol. The van der Waals surface area contributed by atoms with Crippen LogP contribution in [0.25, 0.3) is 0 Å². The molecule has 3 nitrogen and oxygen atoms in total. The summed E-state index contributed by atoms with van der Waals surface area (Å²) < 4.78 is 0. The summed E-state index contributed by atoms with van der Waals surface area (Å²) in [6, 6.07) is 0.627. The second kappa shape index (κ2) is 7.13. The topological polar surface area (TPSA) is 32.3 Å². The van der Waals surface area contributed by atoms with Crippen molar-refractivity contribution in [2.45, 2.75) is 65.8 Å². The van der Waals surface area contributed by atoms with Crippen LogP contribution in [0.4, 0.5) is 0 Å². The molecule has 0 aromatic rings. The van der Waals surface area contributed by atoms with E-state index in [1.165, 1.54) is 25.7 Å². The number of carbonyl (C=O) groups excluding carboxylic acids is 1. The number of carbonyl (C=O) groups is 1. The Kier molecular flexibility index (Phi) is 6.13. The Morgan fingerprint density at radius 3 is 2.28 bits per heavy atom. The fourth-order valence-electron chi connectivity index (χ4n) is 2.72. The molecule has 0 aromatic heterocycles. The Bertz CT molecular complexity index is 249. The van der Waals surface area contributed by atoms with Crippen LogP contribution in [0.3, 0.4) is 0 Å². The van der Waals surface area contributed by atoms with Gasteiger partial charge in [0.15, 0.2) is 0 Å². The molecule has 3 heteroatoms. The average molecular weight is 254 g/mol. The van der Waals surface area contributed by atoms with Gasteiger partial charge in [0.1, 0.15) is 0 Å². The molecule has 0 unspecified atom stereocenters. The van der Waals surface area contributed by atoms with Gasteiger partial charge in [-0.25, -0.2) is 0 Å². The Morgan fingerprint density at radius 1 is 1.22 bits per heavy atom. The molecule has 1 aliphatic carbocycles. The molecule has 0 aliphatic heterocycles. The molecule has 0 heterocycles. The molecule has 106 valence electrons. The quantitative estimate of drug-likeness (QED) is 0.790. The third-order valence-corrected chi connectivity index (χ3v) is 4.23. The first-order valence-corrected chi connectivity index (χ1v) is 7.49. The minimum Gasteiger partial charge on any atom is -0.343 e. The highest BCUT2D eigenvalue weighted by Gasteiger charge is 2.26. The van der Waals surface area contributed by atoms with E-state index in [4.69, 9.17) is 0 Å². The highest BCUT2D eigenvalue weighted by molar-refractivity contribution is 5.76. The summed E-state index contributed by atoms with van der Waals surface area (Å²) in [5, 5.41) is 3.55. The summed E-state index contributed by atoms with van der Waals surface area (Å²) in [5.41, 5.74) is 0.523. The minimum atomic E-state index is 0.281. The first-order chi connectivity index (χ1) is 8.48. The van der Waals surface area contributed by atoms with Gasteiger partial charge in [-0.3, -0.25) is 4.79 Å². The Balaban J connectivity index is 2.17. The lowest BCUT2D eigenvalue weighted by Gasteiger charge is -2.34. The van der Waals surface area contributed by atoms with E-state index in [0.29, 0.717) is 17.9 Å². The standard InChI is InChI=1S/C15H30N2O/c1-5-17(6-2)14(18)9-12-16-13-7-10-15(3,4)11-8-13/h13,16H,5-12H2,1-4H3. The van der Waals surface area contributed by atoms with E-state index in [1.807, 2.05) is 18.7 Å². The normalized spacial score (nSPS) is 19.8. The van der Waals surface area contributed by atoms with Crippen LogP contribution in [0.5, 0.6) is 0 Å². The number of hydrogen-bond donors (Lipinski definition) is 1. The van der Waals surface area contributed by atoms with Crippen molar-refractivity contribution in [3.8, 4) is 0 Å². The van der Waals surface area contributed by atoms with E-state index in [0.717, 1.165) is 19.6 Å². The number of hydrogen-bond acceptors (Lipinski definition) is 2. The first-order valence-electron chi connectivity index (χ1n) is 7.49. The lowest BCUT2D eigenvalue weighted by Crippen LogP contribution is -2.38. The van der Waals surface area contributed by atoms with Gasteiger partial charge in [0.2, 0.25) is 5.91 Å². The van der Waals surface area contributed by atoms with Crippen molar-refractivity contribution in [1.82, 2.24) is 10.2 Å². The van der Waals surface area contributed by atoms with Crippen LogP contribution in [0, 0.1) is 5.41 Å². The SMILES string of the molecule is CCN(CC)C(=O)CCNC1CCC(C)(C)CC1. The molecule has 1 aliphatic rings. The molecule has 1 rings (SSSR count). The molecule has 0 bridgehead atoms. The van der Waals surface area contributed by atoms with Crippen LogP contribution in [0.1, 0.15) is 59.8 Å². The first kappa shape index (κ1) is 15.5. The average Bonchev–Trinajstić information content (AvgIpc) is 2.33. The molecule has 1 fully saturated rings. The van der Waals surface area contributed by atoms with E-state index >= 15 is 0 Å². The second-order valence-electron chi connectivity index (χ2n) is 6.21. The van der Waals surface area contributed by atoms with Crippen molar-refractivity contribution in [3.63, 3.8) is 0 Å². The molecule has 1 amide bonds. The van der Waals surface area contributed by atoms with Crippen LogP contribution in [0.15, 0.2) is 0 Å². The van der Waals surface area contributed by atoms with Crippen LogP contribution in [-0.4, -0.2) is 36.5 Å². The zero-order chi connectivity index (χ0) is 13.6. The van der Waals surface area contributed by atoms with Gasteiger partial charge in [0.25, 0.3) is 0 Å². The molecule has 0 atom stereocenters. The molecule has 0 aromatic carbocycles. The molecule has 18 heavy (non-hydrogen) atoms. The van der Waals surface area contributed by atoms with Crippen LogP contribution >= 0.6 is 0 Å². The second-order valence-corrected chi connectivity index (χ2v) is 6.21. The zero-order valence-electron chi connectivity index (χ0n) is 12.6. The summed E-state index contributed by atoms with van der Waals surface area (Å²) in [4.78, 5) is 13.7.